The lowest BCUT2D eigenvalue weighted by molar-refractivity contribution is -0.354. The minimum Gasteiger partial charge on any atom is -0.458 e. The first kappa shape index (κ1) is 83.2. The first-order chi connectivity index (χ1) is 54.6. The molecule has 1 saturated heterocycles. The fourth-order valence-corrected chi connectivity index (χ4v) is 24.6. The minimum atomic E-state index is -2.73. The molecule has 1 aliphatic heterocycles. The highest BCUT2D eigenvalue weighted by atomic mass is 28.4. The van der Waals surface area contributed by atoms with E-state index >= 15 is 0 Å². The maximum Gasteiger partial charge on any atom is 0.338 e. The van der Waals surface area contributed by atoms with Crippen LogP contribution in [-0.2, 0) is 64.9 Å². The van der Waals surface area contributed by atoms with Gasteiger partial charge in [-0.05, 0) is 135 Å². The maximum absolute atomic E-state index is 14.8. The van der Waals surface area contributed by atoms with Crippen LogP contribution in [-0.4, -0.2) is 176 Å². The number of rotatable bonds is 29. The fourth-order valence-electron chi connectivity index (χ4n) is 16.5. The number of hydrogen-bond donors (Lipinski definition) is 10. The summed E-state index contributed by atoms with van der Waals surface area (Å²) in [6, 6.07) is 35.2. The zero-order chi connectivity index (χ0) is 82.5. The van der Waals surface area contributed by atoms with Crippen molar-refractivity contribution < 1.29 is 81.5 Å². The zero-order valence-corrected chi connectivity index (χ0v) is 67.4. The number of aliphatic hydroxyl groups is 3. The van der Waals surface area contributed by atoms with E-state index in [-0.39, 0.29) is 115 Å². The number of esters is 4. The summed E-state index contributed by atoms with van der Waals surface area (Å²) in [5.74, 6) is -6.84. The second-order valence-electron chi connectivity index (χ2n) is 31.9. The number of hydrogen-bond acceptors (Lipinski definition) is 25. The molecular weight excluding hydrogens is 1510 g/mol. The zero-order valence-electron chi connectivity index (χ0n) is 65.4. The number of fused-ring (bicyclic) bond motifs is 7. The van der Waals surface area contributed by atoms with E-state index in [9.17, 15) is 63.3 Å². The molecule has 0 radical (unpaired) electrons. The number of nitrogens with one attached hydrogen (secondary N) is 6. The molecule has 33 heteroatoms. The van der Waals surface area contributed by atoms with Gasteiger partial charge in [-0.25, -0.2) is 24.2 Å². The number of H-pyrrole nitrogens is 1. The number of aromatic nitrogens is 6. The Kier molecular flexibility index (Phi) is 24.7. The van der Waals surface area contributed by atoms with Crippen LogP contribution in [0, 0.1) is 16.7 Å². The quantitative estimate of drug-likeness (QED) is 0.00729. The van der Waals surface area contributed by atoms with Crippen LogP contribution >= 0.6 is 0 Å². The van der Waals surface area contributed by atoms with Gasteiger partial charge >= 0.3 is 23.9 Å². The predicted octanol–water partition coefficient (Wildman–Crippen LogP) is 7.18. The Morgan fingerprint density at radius 1 is 0.757 bits per heavy atom. The highest BCUT2D eigenvalue weighted by Crippen LogP contribution is 2.65. The monoisotopic (exact) mass is 1610 g/mol. The van der Waals surface area contributed by atoms with E-state index in [1.165, 1.54) is 29.9 Å². The summed E-state index contributed by atoms with van der Waals surface area (Å²) in [7, 11) is -5.34. The third-order valence-corrected chi connectivity index (χ3v) is 29.3. The van der Waals surface area contributed by atoms with Gasteiger partial charge in [0, 0.05) is 90.6 Å². The molecule has 0 unspecified atom stereocenters. The molecule has 12 rings (SSSR count). The van der Waals surface area contributed by atoms with Crippen LogP contribution in [0.4, 0.5) is 17.3 Å². The van der Waals surface area contributed by atoms with Crippen molar-refractivity contribution in [2.75, 3.05) is 35.7 Å². The highest BCUT2D eigenvalue weighted by Gasteiger charge is 2.76. The Morgan fingerprint density at radius 3 is 2.10 bits per heavy atom. The van der Waals surface area contributed by atoms with Gasteiger partial charge in [0.25, 0.3) is 22.9 Å². The second kappa shape index (κ2) is 34.1. The number of nitrogen functional groups attached to an aromatic ring is 1. The number of amides is 4. The molecule has 11 atom stereocenters. The second-order valence-corrected chi connectivity index (χ2v) is 40.6. The standard InChI is InChI=1S/C82H96N12O19Si2/c1-47-58(110-77(106)68(100)66(49-20-13-10-14-21-49)91-73(102)50-22-15-11-16-23-50)41-82(107)70(111-76(105)52-24-17-12-18-25-52)69-80(5,60(96)39-61-81(69,45-108-61)112-48(2)95)40-59(65(47)79(82,3)4)109-64(99)34-33-62(97)87-46-115(8,9)113-114(6,7)37-36-94-75(104)57-32-31-55(38-53(57)42-88-94)89-63(98)26-19-35-84-72(101)51-27-29-54(30-28-51)85-43-56-44-86-71-67(90-56)74(103)93-78(83)92-71/h10-18,20-25,27-32,38,42,44,58-61,66,68-70,85,96,100,107H,19,26,33-37,39-41,43,45-46H2,1-9H3,(H,84,101)(H,87,97)(H,89,98)(H,91,102)(H3,83,86,92,93,103)/t58-,59-,60-,61+,66-,68+,69-,70-,80+,81-,82+/m0/s1. The highest BCUT2D eigenvalue weighted by molar-refractivity contribution is 6.85. The van der Waals surface area contributed by atoms with E-state index < -0.39 is 141 Å². The summed E-state index contributed by atoms with van der Waals surface area (Å²) < 4.78 is 40.2. The Labute approximate surface area is 664 Å². The van der Waals surface area contributed by atoms with Crippen LogP contribution in [0.15, 0.2) is 167 Å². The van der Waals surface area contributed by atoms with Gasteiger partial charge in [-0.1, -0.05) is 87.5 Å². The smallest absolute Gasteiger partial charge is 0.338 e. The third-order valence-electron chi connectivity index (χ3n) is 22.4. The van der Waals surface area contributed by atoms with Gasteiger partial charge in [-0.2, -0.15) is 10.1 Å². The minimum absolute atomic E-state index is 0.0573. The van der Waals surface area contributed by atoms with E-state index in [1.807, 2.05) is 26.2 Å². The molecule has 115 heavy (non-hydrogen) atoms. The van der Waals surface area contributed by atoms with Crippen LogP contribution < -0.4 is 43.4 Å². The third kappa shape index (κ3) is 18.3. The number of nitrogens with two attached hydrogens (primary N) is 1. The van der Waals surface area contributed by atoms with Gasteiger partial charge in [0.1, 0.15) is 30.0 Å². The van der Waals surface area contributed by atoms with Gasteiger partial charge < -0.3 is 75.4 Å². The van der Waals surface area contributed by atoms with Gasteiger partial charge in [-0.3, -0.25) is 43.3 Å². The summed E-state index contributed by atoms with van der Waals surface area (Å²) in [4.78, 5) is 152. The lowest BCUT2D eigenvalue weighted by Crippen LogP contribution is -2.80. The van der Waals surface area contributed by atoms with Crippen LogP contribution in [0.1, 0.15) is 128 Å². The summed E-state index contributed by atoms with van der Waals surface area (Å²) in [5, 5.41) is 59.0. The predicted molar refractivity (Wildman–Crippen MR) is 427 cm³/mol. The van der Waals surface area contributed by atoms with Crippen molar-refractivity contribution in [3.05, 3.63) is 206 Å². The summed E-state index contributed by atoms with van der Waals surface area (Å²) in [6.45, 7) is 16.2. The SMILES string of the molecule is CC(=O)O[C@@]12CO[C@@H]1C[C@H](O)[C@@]1(C)C[C@H](OC(=O)CCC(=O)NC[Si](C)(C)O[Si](C)(C)CCn3ncc4cc(NC(=O)CCCNC(=O)c5ccc(NCc6cnc7nc(N)[nH]c(=O)c7n6)cc5)ccc4c3=O)C3=C(C)[C@@H](OC(=O)[C@H](O)[C@@H](NC(=O)c4ccccc4)c4ccccc4)C[C@@](O)([C@@H](OC(=O)c4ccccc4)[C@@H]12)C3(C)C. The van der Waals surface area contributed by atoms with Crippen LogP contribution in [0.2, 0.25) is 32.2 Å². The number of aryl methyl sites for hydroxylation is 1. The van der Waals surface area contributed by atoms with Gasteiger partial charge in [-0.15, -0.1) is 0 Å². The number of carbonyl (C=O) groups excluding carboxylic acids is 8. The Balaban J connectivity index is 0.673. The lowest BCUT2D eigenvalue weighted by Gasteiger charge is -2.68. The average molecular weight is 1610 g/mol. The molecule has 4 heterocycles. The van der Waals surface area contributed by atoms with Crippen LogP contribution in [0.25, 0.3) is 21.9 Å². The van der Waals surface area contributed by atoms with Crippen molar-refractivity contribution in [3.63, 3.8) is 0 Å². The molecule has 606 valence electrons. The number of aliphatic hydroxyl groups excluding tert-OH is 2. The molecule has 4 amide bonds. The first-order valence-electron chi connectivity index (χ1n) is 38.2. The van der Waals surface area contributed by atoms with Crippen molar-refractivity contribution in [3.8, 4) is 0 Å². The number of anilines is 3. The number of carbonyl (C=O) groups is 8. The van der Waals surface area contributed by atoms with Crippen LogP contribution in [0.3, 0.4) is 0 Å². The normalized spacial score (nSPS) is 22.7. The molecule has 3 aliphatic carbocycles. The number of aromatic amines is 1. The van der Waals surface area contributed by atoms with E-state index in [4.69, 9.17) is 33.5 Å². The van der Waals surface area contributed by atoms with Gasteiger partial charge in [0.2, 0.25) is 17.8 Å². The van der Waals surface area contributed by atoms with Crippen molar-refractivity contribution in [2.24, 2.45) is 16.7 Å². The van der Waals surface area contributed by atoms with Crippen molar-refractivity contribution in [1.82, 2.24) is 45.7 Å². The summed E-state index contributed by atoms with van der Waals surface area (Å²) in [6.07, 6.45) is -7.08. The summed E-state index contributed by atoms with van der Waals surface area (Å²) in [5.41, 5.74) is 0.914. The number of ether oxygens (including phenoxy) is 5. The molecule has 11 N–H and O–H groups in total. The molecule has 4 aliphatic rings. The molecule has 31 nitrogen and oxygen atoms in total. The maximum atomic E-state index is 14.8. The average Bonchev–Trinajstić information content (AvgIpc) is 0.672. The Morgan fingerprint density at radius 2 is 1.43 bits per heavy atom. The van der Waals surface area contributed by atoms with Gasteiger partial charge in [0.05, 0.1) is 66.7 Å². The van der Waals surface area contributed by atoms with Crippen molar-refractivity contribution >= 4 is 103 Å². The van der Waals surface area contributed by atoms with E-state index in [0.29, 0.717) is 51.4 Å². The van der Waals surface area contributed by atoms with Crippen molar-refractivity contribution in [1.29, 1.82) is 0 Å². The Bertz CT molecular complexity index is 5170. The molecule has 2 saturated carbocycles. The van der Waals surface area contributed by atoms with E-state index in [0.717, 1.165) is 0 Å². The molecular formula is C82H96N12O19Si2. The largest absolute Gasteiger partial charge is 0.458 e. The first-order valence-corrected chi connectivity index (χ1v) is 44.4. The van der Waals surface area contributed by atoms with E-state index in [1.54, 1.807) is 155 Å². The number of benzene rings is 5. The molecule has 0 spiro atoms. The topological polar surface area (TPSA) is 445 Å². The number of nitrogens with zero attached hydrogens (tertiary/aromatic N) is 5. The molecule has 5 aromatic carbocycles. The summed E-state index contributed by atoms with van der Waals surface area (Å²) >= 11 is 0. The van der Waals surface area contributed by atoms with E-state index in [2.05, 4.69) is 51.6 Å². The molecule has 2 bridgehead atoms. The van der Waals surface area contributed by atoms with Crippen molar-refractivity contribution in [2.45, 2.75) is 179 Å². The Hall–Kier alpha value is -11.2. The molecule has 3 fully saturated rings. The fraction of sp³-hybridized carbons (Fsp3) is 0.415. The molecule has 8 aromatic rings. The lowest BCUT2D eigenvalue weighted by atomic mass is 9.45. The van der Waals surface area contributed by atoms with Gasteiger partial charge in [0.15, 0.2) is 39.5 Å². The molecule has 3 aromatic heterocycles. The van der Waals surface area contributed by atoms with Crippen LogP contribution in [0.5, 0.6) is 0 Å².